The van der Waals surface area contributed by atoms with Crippen molar-refractivity contribution in [2.24, 2.45) is 0 Å². The van der Waals surface area contributed by atoms with E-state index in [4.69, 9.17) is 4.74 Å². The lowest BCUT2D eigenvalue weighted by molar-refractivity contribution is -0.384. The molecular weight excluding hydrogens is 343 g/mol. The molecule has 26 heavy (non-hydrogen) atoms. The summed E-state index contributed by atoms with van der Waals surface area (Å²) in [4.78, 5) is 34.0. The molecule has 1 unspecified atom stereocenters. The Labute approximate surface area is 148 Å². The Morgan fingerprint density at radius 2 is 1.92 bits per heavy atom. The molecule has 0 radical (unpaired) electrons. The van der Waals surface area contributed by atoms with Crippen molar-refractivity contribution in [1.82, 2.24) is 0 Å². The molecule has 2 aromatic rings. The van der Waals surface area contributed by atoms with Gasteiger partial charge < -0.3 is 10.1 Å². The number of hydrogen-bond acceptors (Lipinski definition) is 5. The Kier molecular flexibility index (Phi) is 6.37. The number of ether oxygens (including phenoxy) is 1. The Balaban J connectivity index is 1.84. The van der Waals surface area contributed by atoms with E-state index in [2.05, 4.69) is 5.32 Å². The number of aryl methyl sites for hydroxylation is 1. The first kappa shape index (κ1) is 19.0. The van der Waals surface area contributed by atoms with E-state index < -0.39 is 22.9 Å². The second-order valence-corrected chi connectivity index (χ2v) is 5.56. The van der Waals surface area contributed by atoms with E-state index in [-0.39, 0.29) is 23.6 Å². The van der Waals surface area contributed by atoms with Gasteiger partial charge in [0.05, 0.1) is 4.92 Å². The third-order valence-corrected chi connectivity index (χ3v) is 3.53. The minimum atomic E-state index is -1.06. The molecule has 1 N–H and O–H groups in total. The highest BCUT2D eigenvalue weighted by Crippen LogP contribution is 2.17. The molecule has 136 valence electrons. The van der Waals surface area contributed by atoms with Crippen LogP contribution < -0.4 is 5.32 Å². The molecule has 2 rings (SSSR count). The van der Waals surface area contributed by atoms with Gasteiger partial charge in [0.15, 0.2) is 6.10 Å². The zero-order chi connectivity index (χ0) is 19.1. The normalized spacial score (nSPS) is 11.5. The predicted octanol–water partition coefficient (Wildman–Crippen LogP) is 3.24. The number of esters is 1. The highest BCUT2D eigenvalue weighted by molar-refractivity contribution is 5.95. The zero-order valence-electron chi connectivity index (χ0n) is 14.0. The summed E-state index contributed by atoms with van der Waals surface area (Å²) in [5, 5.41) is 13.2. The van der Waals surface area contributed by atoms with Crippen LogP contribution in [0.5, 0.6) is 0 Å². The maximum Gasteiger partial charge on any atom is 0.306 e. The largest absolute Gasteiger partial charge is 0.453 e. The third-order valence-electron chi connectivity index (χ3n) is 3.53. The monoisotopic (exact) mass is 360 g/mol. The third kappa shape index (κ3) is 5.66. The number of non-ortho nitro benzene ring substituents is 1. The number of carbonyl (C=O) groups is 2. The van der Waals surface area contributed by atoms with Gasteiger partial charge in [0, 0.05) is 24.2 Å². The number of nitro benzene ring substituents is 1. The minimum Gasteiger partial charge on any atom is -0.453 e. The summed E-state index contributed by atoms with van der Waals surface area (Å²) in [5.41, 5.74) is 0.849. The number of carbonyl (C=O) groups excluding carboxylic acids is 2. The fourth-order valence-electron chi connectivity index (χ4n) is 2.15. The van der Waals surface area contributed by atoms with Crippen LogP contribution in [0.3, 0.4) is 0 Å². The van der Waals surface area contributed by atoms with E-state index in [0.29, 0.717) is 6.42 Å². The van der Waals surface area contributed by atoms with Crippen LogP contribution in [0, 0.1) is 15.9 Å². The van der Waals surface area contributed by atoms with Crippen LogP contribution in [0.15, 0.2) is 48.5 Å². The van der Waals surface area contributed by atoms with E-state index in [1.54, 1.807) is 12.1 Å². The van der Waals surface area contributed by atoms with Gasteiger partial charge >= 0.3 is 5.97 Å². The van der Waals surface area contributed by atoms with Gasteiger partial charge in [0.25, 0.3) is 11.6 Å². The standard InChI is InChI=1S/C18H17FN2O5/c1-12(18(23)20-15-3-2-4-16(11-15)21(24)25)26-17(22)10-7-13-5-8-14(19)9-6-13/h2-6,8-9,11-12H,7,10H2,1H3,(H,20,23). The maximum atomic E-state index is 12.8. The molecule has 0 aromatic heterocycles. The van der Waals surface area contributed by atoms with Gasteiger partial charge in [-0.25, -0.2) is 4.39 Å². The van der Waals surface area contributed by atoms with Crippen molar-refractivity contribution in [3.8, 4) is 0 Å². The molecule has 0 aliphatic rings. The highest BCUT2D eigenvalue weighted by atomic mass is 19.1. The number of nitrogens with one attached hydrogen (secondary N) is 1. The van der Waals surface area contributed by atoms with Crippen LogP contribution in [0.4, 0.5) is 15.8 Å². The number of benzene rings is 2. The molecule has 1 atom stereocenters. The van der Waals surface area contributed by atoms with Crippen LogP contribution >= 0.6 is 0 Å². The first-order valence-electron chi connectivity index (χ1n) is 7.84. The van der Waals surface area contributed by atoms with Crippen molar-refractivity contribution in [2.45, 2.75) is 25.9 Å². The fraction of sp³-hybridized carbons (Fsp3) is 0.222. The SMILES string of the molecule is CC(OC(=O)CCc1ccc(F)cc1)C(=O)Nc1cccc([N+](=O)[O-])c1. The first-order chi connectivity index (χ1) is 12.3. The first-order valence-corrected chi connectivity index (χ1v) is 7.84. The number of nitrogens with zero attached hydrogens (tertiary/aromatic N) is 1. The molecule has 0 aliphatic heterocycles. The van der Waals surface area contributed by atoms with Gasteiger partial charge in [-0.05, 0) is 37.1 Å². The number of nitro groups is 1. The van der Waals surface area contributed by atoms with Crippen molar-refractivity contribution in [3.05, 3.63) is 70.0 Å². The van der Waals surface area contributed by atoms with Crippen molar-refractivity contribution >= 4 is 23.3 Å². The van der Waals surface area contributed by atoms with E-state index in [1.165, 1.54) is 43.3 Å². The fourth-order valence-corrected chi connectivity index (χ4v) is 2.15. The highest BCUT2D eigenvalue weighted by Gasteiger charge is 2.18. The molecule has 0 saturated heterocycles. The van der Waals surface area contributed by atoms with Crippen molar-refractivity contribution in [2.75, 3.05) is 5.32 Å². The molecule has 1 amide bonds. The minimum absolute atomic E-state index is 0.0417. The van der Waals surface area contributed by atoms with E-state index >= 15 is 0 Å². The van der Waals surface area contributed by atoms with Gasteiger partial charge in [-0.2, -0.15) is 0 Å². The molecule has 0 fully saturated rings. The Morgan fingerprint density at radius 3 is 2.58 bits per heavy atom. The predicted molar refractivity (Wildman–Crippen MR) is 92.0 cm³/mol. The van der Waals surface area contributed by atoms with Crippen LogP contribution in [0.1, 0.15) is 18.9 Å². The molecule has 0 heterocycles. The molecule has 2 aromatic carbocycles. The summed E-state index contributed by atoms with van der Waals surface area (Å²) >= 11 is 0. The van der Waals surface area contributed by atoms with E-state index in [1.807, 2.05) is 0 Å². The van der Waals surface area contributed by atoms with Crippen molar-refractivity contribution in [3.63, 3.8) is 0 Å². The Hall–Kier alpha value is -3.29. The maximum absolute atomic E-state index is 12.8. The van der Waals surface area contributed by atoms with Crippen LogP contribution in [0.2, 0.25) is 0 Å². The average Bonchev–Trinajstić information content (AvgIpc) is 2.61. The molecule has 8 heteroatoms. The summed E-state index contributed by atoms with van der Waals surface area (Å²) in [6, 6.07) is 11.2. The number of hydrogen-bond donors (Lipinski definition) is 1. The second kappa shape index (κ2) is 8.70. The number of amides is 1. The summed E-state index contributed by atoms with van der Waals surface area (Å²) in [6.07, 6.45) is -0.659. The quantitative estimate of drug-likeness (QED) is 0.464. The van der Waals surface area contributed by atoms with Crippen molar-refractivity contribution in [1.29, 1.82) is 0 Å². The lowest BCUT2D eigenvalue weighted by atomic mass is 10.1. The lowest BCUT2D eigenvalue weighted by Crippen LogP contribution is -2.30. The number of anilines is 1. The second-order valence-electron chi connectivity index (χ2n) is 5.56. The van der Waals surface area contributed by atoms with Crippen molar-refractivity contribution < 1.29 is 23.6 Å². The Bertz CT molecular complexity index is 807. The van der Waals surface area contributed by atoms with Crippen LogP contribution in [-0.2, 0) is 20.7 Å². The molecule has 0 aliphatic carbocycles. The summed E-state index contributed by atoms with van der Waals surface area (Å²) < 4.78 is 17.9. The van der Waals surface area contributed by atoms with Gasteiger partial charge in [-0.15, -0.1) is 0 Å². The molecule has 0 saturated carbocycles. The molecule has 0 bridgehead atoms. The molecule has 7 nitrogen and oxygen atoms in total. The number of halogens is 1. The average molecular weight is 360 g/mol. The van der Waals surface area contributed by atoms with Crippen LogP contribution in [0.25, 0.3) is 0 Å². The van der Waals surface area contributed by atoms with Gasteiger partial charge in [-0.1, -0.05) is 18.2 Å². The molecule has 0 spiro atoms. The van der Waals surface area contributed by atoms with Crippen LogP contribution in [-0.4, -0.2) is 22.9 Å². The smallest absolute Gasteiger partial charge is 0.306 e. The zero-order valence-corrected chi connectivity index (χ0v) is 14.0. The Morgan fingerprint density at radius 1 is 1.23 bits per heavy atom. The summed E-state index contributed by atoms with van der Waals surface area (Å²) in [5.74, 6) is -1.53. The number of rotatable bonds is 7. The van der Waals surface area contributed by atoms with Gasteiger partial charge in [0.2, 0.25) is 0 Å². The van der Waals surface area contributed by atoms with Gasteiger partial charge in [0.1, 0.15) is 5.82 Å². The van der Waals surface area contributed by atoms with Gasteiger partial charge in [-0.3, -0.25) is 19.7 Å². The molecular formula is C18H17FN2O5. The van der Waals surface area contributed by atoms with E-state index in [0.717, 1.165) is 5.56 Å². The topological polar surface area (TPSA) is 98.5 Å². The van der Waals surface area contributed by atoms with E-state index in [9.17, 15) is 24.1 Å². The lowest BCUT2D eigenvalue weighted by Gasteiger charge is -2.13. The summed E-state index contributed by atoms with van der Waals surface area (Å²) in [6.45, 7) is 1.41. The summed E-state index contributed by atoms with van der Waals surface area (Å²) in [7, 11) is 0.